The molecule has 88 heavy (non-hydrogen) atoms. The summed E-state index contributed by atoms with van der Waals surface area (Å²) >= 11 is 0. The zero-order valence-corrected chi connectivity index (χ0v) is 54.2. The first kappa shape index (κ1) is 57.2. The van der Waals surface area contributed by atoms with Gasteiger partial charge in [0.15, 0.2) is 0 Å². The van der Waals surface area contributed by atoms with Gasteiger partial charge in [0.1, 0.15) is 0 Å². The maximum absolute atomic E-state index is 2.70. The molecule has 2 heterocycles. The average molecular weight is 1150 g/mol. The Labute approximate surface area is 524 Å². The van der Waals surface area contributed by atoms with E-state index in [9.17, 15) is 0 Å². The van der Waals surface area contributed by atoms with Gasteiger partial charge in [-0.1, -0.05) is 223 Å². The fraction of sp³-hybridized carbons (Fsp3) is 0.286. The summed E-state index contributed by atoms with van der Waals surface area (Å²) in [6, 6.07) is 69.6. The van der Waals surface area contributed by atoms with E-state index >= 15 is 0 Å². The molecule has 14 rings (SSSR count). The van der Waals surface area contributed by atoms with Crippen molar-refractivity contribution in [2.75, 3.05) is 19.6 Å². The van der Waals surface area contributed by atoms with Crippen molar-refractivity contribution in [3.05, 3.63) is 275 Å². The lowest BCUT2D eigenvalue weighted by molar-refractivity contribution is 0.476. The molecule has 0 radical (unpaired) electrons. The molecular weight excluding hydrogens is 1060 g/mol. The summed E-state index contributed by atoms with van der Waals surface area (Å²) in [6.45, 7) is 31.1. The third kappa shape index (κ3) is 9.92. The van der Waals surface area contributed by atoms with Crippen molar-refractivity contribution in [1.29, 1.82) is 0 Å². The van der Waals surface area contributed by atoms with E-state index in [4.69, 9.17) is 0 Å². The number of fused-ring (bicyclic) bond motifs is 6. The van der Waals surface area contributed by atoms with Crippen molar-refractivity contribution in [3.63, 3.8) is 0 Å². The number of anilines is 8. The number of nitrogens with zero attached hydrogens (tertiary/aromatic N) is 4. The highest BCUT2D eigenvalue weighted by molar-refractivity contribution is 5.95. The van der Waals surface area contributed by atoms with Crippen LogP contribution in [-0.2, 0) is 16.2 Å². The summed E-state index contributed by atoms with van der Waals surface area (Å²) in [5, 5.41) is 7.48. The summed E-state index contributed by atoms with van der Waals surface area (Å²) in [6.07, 6.45) is 19.6. The van der Waals surface area contributed by atoms with Crippen molar-refractivity contribution >= 4 is 77.8 Å². The lowest BCUT2D eigenvalue weighted by Gasteiger charge is -2.52. The Morgan fingerprint density at radius 3 is 1.38 bits per heavy atom. The molecule has 4 nitrogen and oxygen atoms in total. The Balaban J connectivity index is 0.988. The number of hydrogen-bond donors (Lipinski definition) is 0. The second-order valence-corrected chi connectivity index (χ2v) is 29.8. The molecule has 5 aliphatic rings. The molecule has 1 unspecified atom stereocenters. The minimum Gasteiger partial charge on any atom is -0.338 e. The molecule has 0 bridgehead atoms. The first-order valence-corrected chi connectivity index (χ1v) is 32.3. The molecule has 0 fully saturated rings. The highest BCUT2D eigenvalue weighted by Crippen LogP contribution is 2.62. The quantitative estimate of drug-likeness (QED) is 0.143. The Bertz CT molecular complexity index is 4490. The largest absolute Gasteiger partial charge is 0.338 e. The minimum absolute atomic E-state index is 0.0106. The van der Waals surface area contributed by atoms with E-state index in [-0.39, 0.29) is 27.7 Å². The van der Waals surface area contributed by atoms with Crippen molar-refractivity contribution in [2.45, 2.75) is 144 Å². The number of hydrogen-bond acceptors (Lipinski definition) is 4. The maximum Gasteiger partial charge on any atom is 0.0561 e. The Morgan fingerprint density at radius 1 is 0.398 bits per heavy atom. The third-order valence-electron chi connectivity index (χ3n) is 20.4. The van der Waals surface area contributed by atoms with Gasteiger partial charge >= 0.3 is 0 Å². The molecule has 0 saturated heterocycles. The first-order chi connectivity index (χ1) is 42.0. The van der Waals surface area contributed by atoms with Gasteiger partial charge in [0.05, 0.1) is 17.4 Å². The number of benzene rings is 9. The van der Waals surface area contributed by atoms with E-state index in [2.05, 4.69) is 328 Å². The van der Waals surface area contributed by atoms with Gasteiger partial charge in [-0.3, -0.25) is 0 Å². The average Bonchev–Trinajstić information content (AvgIpc) is 0.699. The summed E-state index contributed by atoms with van der Waals surface area (Å²) in [5.74, 6) is 0. The molecule has 3 aliphatic carbocycles. The standard InChI is InChI=1S/C84H86N4/c1-80(2,3)61-29-38-64(39-30-61)85(67-35-26-55-20-14-17-23-58(55)48-67)70-44-46-77-73(51-70)83(10,11)75-53-72(87(66-42-33-63(34-43-66)82(7,8)9)69-37-28-57-22-16-19-25-60(57)50-69)54-76-79(75)88(77)78-47-45-71(52-74(78)84(76,12)13)86(65-40-31-62(32-41-65)81(4,5)6)68-36-27-56-21-15-18-24-59(56)49-68/h14-29,31,33-38,40,42-51,53-54,71H,30,32,39,41,52H2,1-13H3. The van der Waals surface area contributed by atoms with Gasteiger partial charge in [-0.05, 0) is 206 Å². The molecule has 9 aromatic carbocycles. The predicted molar refractivity (Wildman–Crippen MR) is 378 cm³/mol. The summed E-state index contributed by atoms with van der Waals surface area (Å²) in [4.78, 5) is 10.5. The van der Waals surface area contributed by atoms with Crippen LogP contribution in [0.1, 0.15) is 144 Å². The van der Waals surface area contributed by atoms with Crippen LogP contribution in [0, 0.1) is 10.8 Å². The smallest absolute Gasteiger partial charge is 0.0561 e. The van der Waals surface area contributed by atoms with Gasteiger partial charge in [0.25, 0.3) is 0 Å². The van der Waals surface area contributed by atoms with Crippen LogP contribution < -0.4 is 19.6 Å². The van der Waals surface area contributed by atoms with Crippen molar-refractivity contribution in [2.24, 2.45) is 10.8 Å². The van der Waals surface area contributed by atoms with E-state index in [0.717, 1.165) is 43.5 Å². The van der Waals surface area contributed by atoms with Crippen LogP contribution in [0.4, 0.5) is 45.5 Å². The monoisotopic (exact) mass is 1150 g/mol. The predicted octanol–water partition coefficient (Wildman–Crippen LogP) is 23.5. The fourth-order valence-corrected chi connectivity index (χ4v) is 15.1. The molecule has 9 aromatic rings. The highest BCUT2D eigenvalue weighted by Gasteiger charge is 2.49. The molecule has 0 spiro atoms. The molecule has 4 heteroatoms. The van der Waals surface area contributed by atoms with Crippen LogP contribution in [-0.4, -0.2) is 6.04 Å². The SMILES string of the molecule is CC(C)(C)C1=CC=C(N(c2ccc3c(c2)C(C)(C)c2cc(N(c4ccc(C(C)(C)C)cc4)c4ccc5ccccc5c4)cc4c2N3C2=C(CC(N(C3=CC=C(C(C)(C)C)CC3)c3ccc5ccccc5c3)C=C2)C4(C)C)c2ccc3ccccc3c2)CC1. The second-order valence-electron chi connectivity index (χ2n) is 29.8. The molecular formula is C84H86N4. The zero-order chi connectivity index (χ0) is 61.2. The van der Waals surface area contributed by atoms with Gasteiger partial charge < -0.3 is 19.6 Å². The van der Waals surface area contributed by atoms with Crippen molar-refractivity contribution in [1.82, 2.24) is 0 Å². The van der Waals surface area contributed by atoms with Gasteiger partial charge in [-0.15, -0.1) is 0 Å². The van der Waals surface area contributed by atoms with Crippen LogP contribution >= 0.6 is 0 Å². The Hall–Kier alpha value is -8.60. The van der Waals surface area contributed by atoms with Crippen molar-refractivity contribution in [3.8, 4) is 0 Å². The lowest BCUT2D eigenvalue weighted by Crippen LogP contribution is -2.44. The summed E-state index contributed by atoms with van der Waals surface area (Å²) < 4.78 is 0. The summed E-state index contributed by atoms with van der Waals surface area (Å²) in [7, 11) is 0. The Kier molecular flexibility index (Phi) is 13.7. The zero-order valence-electron chi connectivity index (χ0n) is 54.2. The van der Waals surface area contributed by atoms with Crippen LogP contribution in [0.25, 0.3) is 32.3 Å². The van der Waals surface area contributed by atoms with Gasteiger partial charge in [0, 0.05) is 62.0 Å². The van der Waals surface area contributed by atoms with Crippen molar-refractivity contribution < 1.29 is 0 Å². The normalized spacial score (nSPS) is 17.8. The van der Waals surface area contributed by atoms with Gasteiger partial charge in [-0.25, -0.2) is 0 Å². The minimum atomic E-state index is -0.433. The number of rotatable bonds is 9. The molecule has 1 atom stereocenters. The number of allylic oxidation sites excluding steroid dienone is 9. The summed E-state index contributed by atoms with van der Waals surface area (Å²) in [5.41, 5.74) is 22.8. The first-order valence-electron chi connectivity index (χ1n) is 32.3. The van der Waals surface area contributed by atoms with Crippen LogP contribution in [0.2, 0.25) is 0 Å². The van der Waals surface area contributed by atoms with E-state index in [0.29, 0.717) is 0 Å². The molecule has 0 N–H and O–H groups in total. The fourth-order valence-electron chi connectivity index (χ4n) is 15.1. The topological polar surface area (TPSA) is 13.0 Å². The Morgan fingerprint density at radius 2 is 0.852 bits per heavy atom. The molecule has 0 amide bonds. The third-order valence-corrected chi connectivity index (χ3v) is 20.4. The van der Waals surface area contributed by atoms with Crippen LogP contribution in [0.15, 0.2) is 252 Å². The highest BCUT2D eigenvalue weighted by atomic mass is 15.2. The van der Waals surface area contributed by atoms with E-state index in [1.807, 2.05) is 0 Å². The van der Waals surface area contributed by atoms with E-state index in [1.165, 1.54) is 123 Å². The van der Waals surface area contributed by atoms with Gasteiger partial charge in [0.2, 0.25) is 0 Å². The maximum atomic E-state index is 2.70. The molecule has 2 aliphatic heterocycles. The van der Waals surface area contributed by atoms with Gasteiger partial charge in [-0.2, -0.15) is 0 Å². The second kappa shape index (κ2) is 21.0. The lowest BCUT2D eigenvalue weighted by atomic mass is 9.64. The molecule has 0 aromatic heterocycles. The van der Waals surface area contributed by atoms with Crippen LogP contribution in [0.5, 0.6) is 0 Å². The van der Waals surface area contributed by atoms with E-state index in [1.54, 1.807) is 0 Å². The van der Waals surface area contributed by atoms with Crippen LogP contribution in [0.3, 0.4) is 0 Å². The molecule has 0 saturated carbocycles. The van der Waals surface area contributed by atoms with E-state index < -0.39 is 5.41 Å². The molecule has 442 valence electrons.